The molecule has 0 amide bonds. The van der Waals surface area contributed by atoms with Crippen molar-refractivity contribution < 1.29 is 25.8 Å². The molecule has 3 heterocycles. The summed E-state index contributed by atoms with van der Waals surface area (Å²) >= 11 is 0. The fourth-order valence-electron chi connectivity index (χ4n) is 9.43. The molecule has 5 nitrogen and oxygen atoms in total. The van der Waals surface area contributed by atoms with E-state index in [2.05, 4.69) is 255 Å². The van der Waals surface area contributed by atoms with E-state index in [1.54, 1.807) is 0 Å². The Kier molecular flexibility index (Phi) is 12.5. The van der Waals surface area contributed by atoms with Crippen molar-refractivity contribution in [2.24, 2.45) is 0 Å². The minimum absolute atomic E-state index is 0. The van der Waals surface area contributed by atoms with Crippen LogP contribution in [0.15, 0.2) is 158 Å². The molecule has 0 spiro atoms. The Hall–Kier alpha value is -6.42. The Morgan fingerprint density at radius 2 is 1.23 bits per heavy atom. The van der Waals surface area contributed by atoms with Gasteiger partial charge >= 0.3 is 0 Å². The number of fused-ring (bicyclic) bond motifs is 4. The number of rotatable bonds is 8. The van der Waals surface area contributed by atoms with Gasteiger partial charge in [0.05, 0.1) is 0 Å². The van der Waals surface area contributed by atoms with Crippen molar-refractivity contribution in [1.29, 1.82) is 0 Å². The van der Waals surface area contributed by atoms with Gasteiger partial charge in [-0.1, -0.05) is 167 Å². The summed E-state index contributed by atoms with van der Waals surface area (Å²) in [6, 6.07) is 62.2. The quantitative estimate of drug-likeness (QED) is 0.142. The van der Waals surface area contributed by atoms with E-state index in [1.807, 2.05) is 12.3 Å². The largest absolute Gasteiger partial charge is 0.509 e. The number of aromatic nitrogens is 2. The van der Waals surface area contributed by atoms with Gasteiger partial charge in [0.2, 0.25) is 0 Å². The van der Waals surface area contributed by atoms with Crippen LogP contribution in [0.4, 0.5) is 22.7 Å². The molecule has 10 rings (SSSR count). The Balaban J connectivity index is 0.00000593. The predicted molar refractivity (Wildman–Crippen MR) is 285 cm³/mol. The molecule has 1 aliphatic heterocycles. The first-order valence-electron chi connectivity index (χ1n) is 24.0. The minimum atomic E-state index is -0.0748. The summed E-state index contributed by atoms with van der Waals surface area (Å²) in [5.41, 5.74) is 15.6. The Morgan fingerprint density at radius 1 is 0.536 bits per heavy atom. The second-order valence-electron chi connectivity index (χ2n) is 21.7. The van der Waals surface area contributed by atoms with Gasteiger partial charge in [0.1, 0.15) is 5.82 Å². The van der Waals surface area contributed by atoms with Crippen LogP contribution in [0.3, 0.4) is 0 Å². The van der Waals surface area contributed by atoms with Gasteiger partial charge in [-0.25, -0.2) is 4.98 Å². The topological polar surface area (TPSA) is 33.5 Å². The first-order chi connectivity index (χ1) is 32.4. The zero-order chi connectivity index (χ0) is 47.7. The number of anilines is 4. The van der Waals surface area contributed by atoms with Crippen molar-refractivity contribution in [3.8, 4) is 39.6 Å². The van der Waals surface area contributed by atoms with E-state index in [1.165, 1.54) is 33.4 Å². The van der Waals surface area contributed by atoms with Crippen LogP contribution >= 0.6 is 0 Å². The van der Waals surface area contributed by atoms with E-state index in [0.717, 1.165) is 61.5 Å². The first-order valence-corrected chi connectivity index (χ1v) is 24.0. The molecule has 69 heavy (non-hydrogen) atoms. The number of hydrogen-bond donors (Lipinski definition) is 0. The molecule has 0 saturated carbocycles. The van der Waals surface area contributed by atoms with E-state index in [9.17, 15) is 0 Å². The fraction of sp³-hybridized carbons (Fsp3) is 0.238. The van der Waals surface area contributed by atoms with Gasteiger partial charge in [-0.15, -0.1) is 53.6 Å². The maximum absolute atomic E-state index is 7.00. The summed E-state index contributed by atoms with van der Waals surface area (Å²) in [5.74, 6) is 2.36. The molecule has 0 unspecified atom stereocenters. The summed E-state index contributed by atoms with van der Waals surface area (Å²) in [6.45, 7) is 27.2. The molecule has 0 radical (unpaired) electrons. The van der Waals surface area contributed by atoms with E-state index in [4.69, 9.17) is 9.72 Å². The van der Waals surface area contributed by atoms with E-state index in [0.29, 0.717) is 17.4 Å². The molecular weight excluding hydrogens is 1020 g/mol. The van der Waals surface area contributed by atoms with Crippen molar-refractivity contribution in [2.45, 2.75) is 98.3 Å². The monoisotopic (exact) mass is 1080 g/mol. The second-order valence-corrected chi connectivity index (χ2v) is 21.7. The van der Waals surface area contributed by atoms with Crippen LogP contribution in [-0.4, -0.2) is 9.55 Å². The fourth-order valence-corrected chi connectivity index (χ4v) is 9.43. The number of pyridine rings is 1. The van der Waals surface area contributed by atoms with Crippen LogP contribution < -0.4 is 14.5 Å². The third-order valence-corrected chi connectivity index (χ3v) is 13.4. The van der Waals surface area contributed by atoms with Gasteiger partial charge in [-0.3, -0.25) is 0 Å². The molecule has 0 bridgehead atoms. The zero-order valence-electron chi connectivity index (χ0n) is 41.7. The maximum atomic E-state index is 7.00. The van der Waals surface area contributed by atoms with Gasteiger partial charge in [0.15, 0.2) is 0 Å². The van der Waals surface area contributed by atoms with Gasteiger partial charge in [-0.2, -0.15) is 6.07 Å². The van der Waals surface area contributed by atoms with Crippen molar-refractivity contribution in [2.75, 3.05) is 9.80 Å². The molecule has 0 aliphatic carbocycles. The Labute approximate surface area is 424 Å². The molecule has 0 N–H and O–H groups in total. The summed E-state index contributed by atoms with van der Waals surface area (Å²) in [6.07, 6.45) is 1.91. The standard InChI is InChI=1S/C63H61N4O.Pt/c1-41(2)52-21-15-16-22-53(52)44-33-49(38-51(34-44)68-50-26-27-55-54-23-17-18-24-56(54)67(58(55)39-50)60-37-46(29-30-64-60)62(6,7)8)65-40-66(59-36-45(61(3,4)5)25-28-57(59)65)48-32-43(42-19-13-12-14-20-42)31-47(35-48)63(9,10)11;/h12-37,40-41H,1-11H3;/q-3;. The second kappa shape index (κ2) is 18.2. The predicted octanol–water partition coefficient (Wildman–Crippen LogP) is 17.3. The summed E-state index contributed by atoms with van der Waals surface area (Å²) in [4.78, 5) is 9.56. The zero-order valence-corrected chi connectivity index (χ0v) is 44.0. The molecular formula is C63H61N4OPt-3. The molecule has 0 atom stereocenters. The molecule has 0 saturated heterocycles. The van der Waals surface area contributed by atoms with Crippen molar-refractivity contribution in [3.63, 3.8) is 0 Å². The van der Waals surface area contributed by atoms with Crippen molar-refractivity contribution >= 4 is 44.6 Å². The molecule has 0 fully saturated rings. The number of benzene rings is 7. The van der Waals surface area contributed by atoms with Gasteiger partial charge < -0.3 is 19.1 Å². The summed E-state index contributed by atoms with van der Waals surface area (Å²) in [7, 11) is 0. The SMILES string of the molecule is CC(C)c1ccccc1-c1cc(Oc2[c-]c3c(cc2)c2ccccc2n3-c2cc(C(C)(C)C)ccn2)[c-]c(N2[CH-]N(c3cc(-c4ccccc4)cc(C(C)(C)C)c3)c3cc(C(C)(C)C)ccc32)c1.[Pt]. The molecule has 9 aromatic rings. The molecule has 2 aromatic heterocycles. The third kappa shape index (κ3) is 9.27. The summed E-state index contributed by atoms with van der Waals surface area (Å²) < 4.78 is 9.21. The van der Waals surface area contributed by atoms with Crippen LogP contribution in [0.1, 0.15) is 104 Å². The average Bonchev–Trinajstić information content (AvgIpc) is 3.86. The summed E-state index contributed by atoms with van der Waals surface area (Å²) in [5, 5.41) is 2.23. The number of nitrogens with zero attached hydrogens (tertiary/aromatic N) is 4. The van der Waals surface area contributed by atoms with E-state index in [-0.39, 0.29) is 37.3 Å². The molecule has 6 heteroatoms. The minimum Gasteiger partial charge on any atom is -0.509 e. The van der Waals surface area contributed by atoms with Crippen molar-refractivity contribution in [3.05, 3.63) is 199 Å². The maximum Gasteiger partial charge on any atom is 0.135 e. The van der Waals surface area contributed by atoms with Crippen LogP contribution in [0, 0.1) is 18.8 Å². The van der Waals surface area contributed by atoms with Crippen LogP contribution in [-0.2, 0) is 37.3 Å². The number of hydrogen-bond acceptors (Lipinski definition) is 4. The van der Waals surface area contributed by atoms with Gasteiger partial charge in [0, 0.05) is 61.3 Å². The Morgan fingerprint density at radius 3 is 1.97 bits per heavy atom. The smallest absolute Gasteiger partial charge is 0.135 e. The number of ether oxygens (including phenoxy) is 1. The van der Waals surface area contributed by atoms with Gasteiger partial charge in [-0.05, 0) is 109 Å². The van der Waals surface area contributed by atoms with Crippen molar-refractivity contribution in [1.82, 2.24) is 9.55 Å². The normalized spacial score (nSPS) is 13.0. The third-order valence-electron chi connectivity index (χ3n) is 13.4. The van der Waals surface area contributed by atoms with Gasteiger partial charge in [0.25, 0.3) is 0 Å². The van der Waals surface area contributed by atoms with E-state index >= 15 is 0 Å². The van der Waals surface area contributed by atoms with Crippen LogP contribution in [0.5, 0.6) is 11.5 Å². The average molecular weight is 1090 g/mol. The molecule has 352 valence electrons. The van der Waals surface area contributed by atoms with Crippen LogP contribution in [0.25, 0.3) is 49.9 Å². The number of para-hydroxylation sites is 1. The molecule has 7 aromatic carbocycles. The van der Waals surface area contributed by atoms with Crippen LogP contribution in [0.2, 0.25) is 0 Å². The first kappa shape index (κ1) is 47.6. The molecule has 1 aliphatic rings. The van der Waals surface area contributed by atoms with E-state index < -0.39 is 0 Å². The Bertz CT molecular complexity index is 3350.